The maximum atomic E-state index is 4.35. The van der Waals surface area contributed by atoms with Gasteiger partial charge in [0.05, 0.1) is 11.4 Å². The van der Waals surface area contributed by atoms with Gasteiger partial charge >= 0.3 is 0 Å². The quantitative estimate of drug-likeness (QED) is 0.825. The van der Waals surface area contributed by atoms with Crippen LogP contribution in [-0.2, 0) is 7.05 Å². The molecular formula is C12H22N4. The summed E-state index contributed by atoms with van der Waals surface area (Å²) in [5.74, 6) is 0. The number of nitrogens with one attached hydrogen (secondary N) is 1. The summed E-state index contributed by atoms with van der Waals surface area (Å²) in [4.78, 5) is 2.42. The predicted octanol–water partition coefficient (Wildman–Crippen LogP) is 1.62. The smallest absolute Gasteiger partial charge is 0.0825 e. The van der Waals surface area contributed by atoms with Gasteiger partial charge in [0.2, 0.25) is 0 Å². The van der Waals surface area contributed by atoms with Crippen LogP contribution in [-0.4, -0.2) is 40.4 Å². The molecule has 1 aliphatic rings. The first-order chi connectivity index (χ1) is 7.56. The second-order valence-corrected chi connectivity index (χ2v) is 5.00. The first-order valence-electron chi connectivity index (χ1n) is 6.03. The Morgan fingerprint density at radius 3 is 2.75 bits per heavy atom. The average molecular weight is 222 g/mol. The monoisotopic (exact) mass is 222 g/mol. The number of nitrogens with zero attached hydrogens (tertiary/aromatic N) is 3. The van der Waals surface area contributed by atoms with Crippen molar-refractivity contribution in [2.45, 2.75) is 38.8 Å². The lowest BCUT2D eigenvalue weighted by molar-refractivity contribution is 0.190. The van der Waals surface area contributed by atoms with E-state index in [-0.39, 0.29) is 0 Å². The van der Waals surface area contributed by atoms with E-state index in [0.29, 0.717) is 12.1 Å². The number of rotatable bonds is 2. The van der Waals surface area contributed by atoms with E-state index in [1.165, 1.54) is 25.1 Å². The number of piperidine rings is 1. The molecule has 1 fully saturated rings. The highest BCUT2D eigenvalue weighted by molar-refractivity contribution is 5.46. The van der Waals surface area contributed by atoms with Gasteiger partial charge in [-0.3, -0.25) is 4.68 Å². The van der Waals surface area contributed by atoms with Crippen LogP contribution in [0.4, 0.5) is 5.69 Å². The lowest BCUT2D eigenvalue weighted by Crippen LogP contribution is -2.42. The second kappa shape index (κ2) is 4.45. The highest BCUT2D eigenvalue weighted by atomic mass is 15.3. The summed E-state index contributed by atoms with van der Waals surface area (Å²) in [5.41, 5.74) is 2.28. The van der Waals surface area contributed by atoms with Crippen LogP contribution in [0.3, 0.4) is 0 Å². The van der Waals surface area contributed by atoms with Gasteiger partial charge < -0.3 is 10.2 Å². The third kappa shape index (κ3) is 2.38. The fourth-order valence-corrected chi connectivity index (χ4v) is 2.38. The molecule has 0 amide bonds. The molecule has 90 valence electrons. The normalized spacial score (nSPS) is 27.0. The molecule has 1 aromatic heterocycles. The van der Waals surface area contributed by atoms with Gasteiger partial charge in [0.1, 0.15) is 0 Å². The summed E-state index contributed by atoms with van der Waals surface area (Å²) in [5, 5.41) is 7.97. The molecule has 2 unspecified atom stereocenters. The van der Waals surface area contributed by atoms with Crippen LogP contribution in [0.2, 0.25) is 0 Å². The molecule has 2 atom stereocenters. The van der Waals surface area contributed by atoms with Crippen molar-refractivity contribution in [3.8, 4) is 0 Å². The molecule has 1 saturated heterocycles. The Bertz CT molecular complexity index is 358. The van der Waals surface area contributed by atoms with Crippen molar-refractivity contribution in [3.05, 3.63) is 11.9 Å². The summed E-state index contributed by atoms with van der Waals surface area (Å²) in [6, 6.07) is 1.26. The molecule has 0 radical (unpaired) electrons. The maximum absolute atomic E-state index is 4.35. The molecule has 0 bridgehead atoms. The molecule has 4 heteroatoms. The van der Waals surface area contributed by atoms with E-state index in [4.69, 9.17) is 0 Å². The highest BCUT2D eigenvalue weighted by Crippen LogP contribution is 2.21. The number of aryl methyl sites for hydroxylation is 2. The van der Waals surface area contributed by atoms with Gasteiger partial charge in [-0.05, 0) is 33.7 Å². The third-order valence-corrected chi connectivity index (χ3v) is 3.58. The lowest BCUT2D eigenvalue weighted by atomic mass is 9.99. The number of hydrogen-bond donors (Lipinski definition) is 1. The molecule has 4 nitrogen and oxygen atoms in total. The molecule has 1 aromatic rings. The average Bonchev–Trinajstić information content (AvgIpc) is 2.51. The Morgan fingerprint density at radius 1 is 1.44 bits per heavy atom. The number of likely N-dealkylation sites (tertiary alicyclic amines) is 1. The van der Waals surface area contributed by atoms with Crippen LogP contribution in [0.15, 0.2) is 6.20 Å². The molecular weight excluding hydrogens is 200 g/mol. The molecule has 0 spiro atoms. The lowest BCUT2D eigenvalue weighted by Gasteiger charge is -2.35. The van der Waals surface area contributed by atoms with E-state index in [9.17, 15) is 0 Å². The minimum atomic E-state index is 0.592. The van der Waals surface area contributed by atoms with Crippen LogP contribution in [0.25, 0.3) is 0 Å². The Balaban J connectivity index is 1.98. The first-order valence-corrected chi connectivity index (χ1v) is 6.03. The van der Waals surface area contributed by atoms with E-state index < -0.39 is 0 Å². The van der Waals surface area contributed by atoms with Crippen molar-refractivity contribution in [1.82, 2.24) is 14.7 Å². The minimum absolute atomic E-state index is 0.592. The second-order valence-electron chi connectivity index (χ2n) is 5.00. The molecule has 2 rings (SSSR count). The van der Waals surface area contributed by atoms with E-state index in [1.807, 2.05) is 11.7 Å². The van der Waals surface area contributed by atoms with Gasteiger partial charge in [-0.1, -0.05) is 0 Å². The summed E-state index contributed by atoms with van der Waals surface area (Å²) in [6.45, 7) is 5.53. The zero-order valence-corrected chi connectivity index (χ0v) is 10.7. The Kier molecular flexibility index (Phi) is 3.19. The SMILES string of the molecule is Cc1nn(C)cc1NC1CCN(C)C(C)C1. The number of anilines is 1. The van der Waals surface area contributed by atoms with Crippen molar-refractivity contribution in [2.24, 2.45) is 7.05 Å². The summed E-state index contributed by atoms with van der Waals surface area (Å²) >= 11 is 0. The van der Waals surface area contributed by atoms with Crippen molar-refractivity contribution in [3.63, 3.8) is 0 Å². The molecule has 1 aliphatic heterocycles. The maximum Gasteiger partial charge on any atom is 0.0825 e. The summed E-state index contributed by atoms with van der Waals surface area (Å²) in [6.07, 6.45) is 4.50. The zero-order chi connectivity index (χ0) is 11.7. The highest BCUT2D eigenvalue weighted by Gasteiger charge is 2.23. The third-order valence-electron chi connectivity index (χ3n) is 3.58. The van der Waals surface area contributed by atoms with Gasteiger partial charge in [-0.15, -0.1) is 0 Å². The van der Waals surface area contributed by atoms with E-state index >= 15 is 0 Å². The van der Waals surface area contributed by atoms with Crippen LogP contribution in [0.1, 0.15) is 25.5 Å². The van der Waals surface area contributed by atoms with E-state index in [1.54, 1.807) is 0 Å². The van der Waals surface area contributed by atoms with Gasteiger partial charge in [0, 0.05) is 31.9 Å². The van der Waals surface area contributed by atoms with Crippen molar-refractivity contribution in [1.29, 1.82) is 0 Å². The van der Waals surface area contributed by atoms with Crippen LogP contribution in [0, 0.1) is 6.92 Å². The largest absolute Gasteiger partial charge is 0.379 e. The fraction of sp³-hybridized carbons (Fsp3) is 0.750. The number of hydrogen-bond acceptors (Lipinski definition) is 3. The van der Waals surface area contributed by atoms with E-state index in [0.717, 1.165) is 5.69 Å². The Labute approximate surface area is 97.6 Å². The van der Waals surface area contributed by atoms with Crippen LogP contribution in [0.5, 0.6) is 0 Å². The van der Waals surface area contributed by atoms with Gasteiger partial charge in [-0.2, -0.15) is 5.10 Å². The number of aromatic nitrogens is 2. The molecule has 0 aromatic carbocycles. The first kappa shape index (κ1) is 11.5. The van der Waals surface area contributed by atoms with Gasteiger partial charge in [-0.25, -0.2) is 0 Å². The van der Waals surface area contributed by atoms with Crippen LogP contribution >= 0.6 is 0 Å². The Morgan fingerprint density at radius 2 is 2.19 bits per heavy atom. The van der Waals surface area contributed by atoms with Gasteiger partial charge in [0.25, 0.3) is 0 Å². The van der Waals surface area contributed by atoms with Crippen molar-refractivity contribution < 1.29 is 0 Å². The fourth-order valence-electron chi connectivity index (χ4n) is 2.38. The zero-order valence-electron chi connectivity index (χ0n) is 10.7. The van der Waals surface area contributed by atoms with Crippen molar-refractivity contribution in [2.75, 3.05) is 18.9 Å². The minimum Gasteiger partial charge on any atom is -0.379 e. The van der Waals surface area contributed by atoms with Crippen LogP contribution < -0.4 is 5.32 Å². The molecule has 0 aliphatic carbocycles. The summed E-state index contributed by atoms with van der Waals surface area (Å²) in [7, 11) is 4.17. The molecule has 16 heavy (non-hydrogen) atoms. The molecule has 0 saturated carbocycles. The van der Waals surface area contributed by atoms with Gasteiger partial charge in [0.15, 0.2) is 0 Å². The molecule has 2 heterocycles. The topological polar surface area (TPSA) is 33.1 Å². The standard InChI is InChI=1S/C12H22N4/c1-9-7-11(5-6-15(9)3)13-12-8-16(4)14-10(12)2/h8-9,11,13H,5-7H2,1-4H3. The Hall–Kier alpha value is -1.03. The molecule has 1 N–H and O–H groups in total. The predicted molar refractivity (Wildman–Crippen MR) is 66.7 cm³/mol. The van der Waals surface area contributed by atoms with E-state index in [2.05, 4.69) is 42.4 Å². The summed E-state index contributed by atoms with van der Waals surface area (Å²) < 4.78 is 1.87. The van der Waals surface area contributed by atoms with Crippen molar-refractivity contribution >= 4 is 5.69 Å².